The Morgan fingerprint density at radius 1 is 1.11 bits per heavy atom. The van der Waals surface area contributed by atoms with E-state index in [1.165, 1.54) is 18.9 Å². The first kappa shape index (κ1) is 18.8. The van der Waals surface area contributed by atoms with Gasteiger partial charge in [0.05, 0.1) is 31.2 Å². The first-order valence-corrected chi connectivity index (χ1v) is 9.25. The van der Waals surface area contributed by atoms with Crippen molar-refractivity contribution >= 4 is 34.3 Å². The molecule has 0 aliphatic carbocycles. The first-order chi connectivity index (χ1) is 13.0. The number of benzene rings is 2. The van der Waals surface area contributed by atoms with Crippen LogP contribution in [0.4, 0.5) is 5.69 Å². The molecule has 0 aliphatic heterocycles. The van der Waals surface area contributed by atoms with Gasteiger partial charge in [-0.15, -0.1) is 11.8 Å². The number of aromatic nitrogens is 1. The number of hydrogen-bond acceptors (Lipinski definition) is 5. The molecular weight excluding hydrogens is 364 g/mol. The Labute approximate surface area is 161 Å². The topological polar surface area (TPSA) is 69.6 Å². The van der Waals surface area contributed by atoms with Gasteiger partial charge in [0, 0.05) is 29.5 Å². The van der Waals surface area contributed by atoms with Crippen LogP contribution in [0.1, 0.15) is 0 Å². The molecule has 3 rings (SSSR count). The Kier molecular flexibility index (Phi) is 5.71. The van der Waals surface area contributed by atoms with E-state index in [4.69, 9.17) is 9.47 Å². The second-order valence-electron chi connectivity index (χ2n) is 5.83. The van der Waals surface area contributed by atoms with E-state index in [9.17, 15) is 9.59 Å². The van der Waals surface area contributed by atoms with Crippen LogP contribution in [-0.2, 0) is 11.8 Å². The van der Waals surface area contributed by atoms with Crippen molar-refractivity contribution in [3.63, 3.8) is 0 Å². The molecule has 0 saturated heterocycles. The number of methoxy groups -OCH3 is 2. The third-order valence-corrected chi connectivity index (χ3v) is 5.21. The lowest BCUT2D eigenvalue weighted by molar-refractivity contribution is -0.113. The van der Waals surface area contributed by atoms with Crippen LogP contribution in [0, 0.1) is 0 Å². The number of pyridine rings is 1. The highest BCUT2D eigenvalue weighted by atomic mass is 32.2. The smallest absolute Gasteiger partial charge is 0.251 e. The second kappa shape index (κ2) is 8.18. The number of rotatable bonds is 6. The van der Waals surface area contributed by atoms with Crippen molar-refractivity contribution in [2.24, 2.45) is 7.05 Å². The van der Waals surface area contributed by atoms with Gasteiger partial charge in [-0.3, -0.25) is 9.59 Å². The number of hydrogen-bond donors (Lipinski definition) is 1. The highest BCUT2D eigenvalue weighted by Gasteiger charge is 2.12. The molecule has 1 aromatic heterocycles. The Bertz CT molecular complexity index is 1050. The molecule has 1 N–H and O–H groups in total. The van der Waals surface area contributed by atoms with Crippen molar-refractivity contribution < 1.29 is 14.3 Å². The number of carbonyl (C=O) groups excluding carboxylic acids is 1. The van der Waals surface area contributed by atoms with E-state index in [2.05, 4.69) is 5.32 Å². The number of thioether (sulfide) groups is 1. The predicted octanol–water partition coefficient (Wildman–Crippen LogP) is 3.29. The summed E-state index contributed by atoms with van der Waals surface area (Å²) in [6, 6.07) is 14.4. The fourth-order valence-corrected chi connectivity index (χ4v) is 3.60. The molecule has 0 spiro atoms. The van der Waals surface area contributed by atoms with Crippen LogP contribution in [-0.4, -0.2) is 30.4 Å². The van der Waals surface area contributed by atoms with Gasteiger partial charge >= 0.3 is 0 Å². The first-order valence-electron chi connectivity index (χ1n) is 8.27. The summed E-state index contributed by atoms with van der Waals surface area (Å²) in [5.41, 5.74) is 1.30. The Morgan fingerprint density at radius 2 is 1.89 bits per heavy atom. The number of fused-ring (bicyclic) bond motifs is 1. The SMILES string of the molecule is COc1ccc(NC(=O)CSc2cc(=O)n(C)c3ccccc23)c(OC)c1. The lowest BCUT2D eigenvalue weighted by Gasteiger charge is -2.12. The quantitative estimate of drug-likeness (QED) is 0.661. The van der Waals surface area contributed by atoms with Crippen LogP contribution in [0.5, 0.6) is 11.5 Å². The van der Waals surface area contributed by atoms with Crippen LogP contribution < -0.4 is 20.3 Å². The number of nitrogens with zero attached hydrogens (tertiary/aromatic N) is 1. The summed E-state index contributed by atoms with van der Waals surface area (Å²) >= 11 is 1.33. The van der Waals surface area contributed by atoms with E-state index in [1.807, 2.05) is 24.3 Å². The van der Waals surface area contributed by atoms with Gasteiger partial charge in [-0.05, 0) is 18.2 Å². The van der Waals surface area contributed by atoms with Crippen molar-refractivity contribution in [1.82, 2.24) is 4.57 Å². The largest absolute Gasteiger partial charge is 0.497 e. The van der Waals surface area contributed by atoms with E-state index in [0.29, 0.717) is 17.2 Å². The fraction of sp³-hybridized carbons (Fsp3) is 0.200. The summed E-state index contributed by atoms with van der Waals surface area (Å²) < 4.78 is 12.0. The van der Waals surface area contributed by atoms with Gasteiger partial charge in [0.15, 0.2) is 0 Å². The van der Waals surface area contributed by atoms with Crippen LogP contribution in [0.25, 0.3) is 10.9 Å². The molecule has 27 heavy (non-hydrogen) atoms. The molecule has 6 nitrogen and oxygen atoms in total. The predicted molar refractivity (Wildman–Crippen MR) is 108 cm³/mol. The van der Waals surface area contributed by atoms with Crippen molar-refractivity contribution in [3.05, 3.63) is 58.9 Å². The zero-order chi connectivity index (χ0) is 19.4. The molecule has 0 radical (unpaired) electrons. The third kappa shape index (κ3) is 4.09. The molecule has 0 bridgehead atoms. The summed E-state index contributed by atoms with van der Waals surface area (Å²) in [5.74, 6) is 1.15. The minimum absolute atomic E-state index is 0.103. The third-order valence-electron chi connectivity index (χ3n) is 4.16. The van der Waals surface area contributed by atoms with Crippen LogP contribution in [0.2, 0.25) is 0 Å². The van der Waals surface area contributed by atoms with E-state index in [1.54, 1.807) is 43.0 Å². The summed E-state index contributed by atoms with van der Waals surface area (Å²) in [6.45, 7) is 0. The maximum absolute atomic E-state index is 12.4. The summed E-state index contributed by atoms with van der Waals surface area (Å²) in [7, 11) is 4.84. The molecule has 3 aromatic rings. The minimum atomic E-state index is -0.187. The van der Waals surface area contributed by atoms with E-state index in [0.717, 1.165) is 15.8 Å². The molecule has 7 heteroatoms. The molecular formula is C20H20N2O4S. The number of amides is 1. The van der Waals surface area contributed by atoms with Gasteiger partial charge in [-0.1, -0.05) is 18.2 Å². The van der Waals surface area contributed by atoms with Gasteiger partial charge in [-0.2, -0.15) is 0 Å². The normalized spacial score (nSPS) is 10.6. The Balaban J connectivity index is 1.76. The molecule has 0 aliphatic rings. The van der Waals surface area contributed by atoms with Crippen molar-refractivity contribution in [3.8, 4) is 11.5 Å². The fourth-order valence-electron chi connectivity index (χ4n) is 2.73. The molecule has 2 aromatic carbocycles. The lowest BCUT2D eigenvalue weighted by Crippen LogP contribution is -2.17. The molecule has 0 atom stereocenters. The number of carbonyl (C=O) groups is 1. The summed E-state index contributed by atoms with van der Waals surface area (Å²) in [6.07, 6.45) is 0. The lowest BCUT2D eigenvalue weighted by atomic mass is 10.2. The highest BCUT2D eigenvalue weighted by molar-refractivity contribution is 8.00. The van der Waals surface area contributed by atoms with E-state index >= 15 is 0 Å². The standard InChI is InChI=1S/C20H20N2O4S/c1-22-16-7-5-4-6-14(16)18(11-20(22)24)27-12-19(23)21-15-9-8-13(25-2)10-17(15)26-3/h4-11H,12H2,1-3H3,(H,21,23). The maximum atomic E-state index is 12.4. The average molecular weight is 384 g/mol. The highest BCUT2D eigenvalue weighted by Crippen LogP contribution is 2.30. The molecule has 0 unspecified atom stereocenters. The zero-order valence-electron chi connectivity index (χ0n) is 15.3. The maximum Gasteiger partial charge on any atom is 0.251 e. The van der Waals surface area contributed by atoms with E-state index in [-0.39, 0.29) is 17.2 Å². The zero-order valence-corrected chi connectivity index (χ0v) is 16.1. The van der Waals surface area contributed by atoms with Gasteiger partial charge in [0.1, 0.15) is 11.5 Å². The number of nitrogens with one attached hydrogen (secondary N) is 1. The summed E-state index contributed by atoms with van der Waals surface area (Å²) in [5, 5.41) is 3.78. The molecule has 1 heterocycles. The number of para-hydroxylation sites is 1. The van der Waals surface area contributed by atoms with Gasteiger partial charge in [0.2, 0.25) is 5.91 Å². The average Bonchev–Trinajstić information content (AvgIpc) is 2.70. The minimum Gasteiger partial charge on any atom is -0.497 e. The van der Waals surface area contributed by atoms with Crippen LogP contribution >= 0.6 is 11.8 Å². The van der Waals surface area contributed by atoms with E-state index < -0.39 is 0 Å². The molecule has 0 fully saturated rings. The van der Waals surface area contributed by atoms with Crippen molar-refractivity contribution in [2.75, 3.05) is 25.3 Å². The van der Waals surface area contributed by atoms with Gasteiger partial charge < -0.3 is 19.4 Å². The molecule has 1 amide bonds. The Morgan fingerprint density at radius 3 is 2.63 bits per heavy atom. The molecule has 140 valence electrons. The van der Waals surface area contributed by atoms with Gasteiger partial charge in [-0.25, -0.2) is 0 Å². The number of anilines is 1. The second-order valence-corrected chi connectivity index (χ2v) is 6.84. The number of ether oxygens (including phenoxy) is 2. The van der Waals surface area contributed by atoms with Gasteiger partial charge in [0.25, 0.3) is 5.56 Å². The number of aryl methyl sites for hydroxylation is 1. The van der Waals surface area contributed by atoms with Crippen LogP contribution in [0.3, 0.4) is 0 Å². The molecule has 0 saturated carbocycles. The van der Waals surface area contributed by atoms with Crippen molar-refractivity contribution in [1.29, 1.82) is 0 Å². The monoisotopic (exact) mass is 384 g/mol. The Hall–Kier alpha value is -2.93. The van der Waals surface area contributed by atoms with Crippen LogP contribution in [0.15, 0.2) is 58.2 Å². The summed E-state index contributed by atoms with van der Waals surface area (Å²) in [4.78, 5) is 25.3. The van der Waals surface area contributed by atoms with Crippen molar-refractivity contribution in [2.45, 2.75) is 4.90 Å².